The number of pyridine rings is 1. The van der Waals surface area contributed by atoms with E-state index in [0.29, 0.717) is 78.5 Å². The van der Waals surface area contributed by atoms with E-state index < -0.39 is 18.3 Å². The lowest BCUT2D eigenvalue weighted by atomic mass is 9.79. The fourth-order valence-electron chi connectivity index (χ4n) is 7.21. The summed E-state index contributed by atoms with van der Waals surface area (Å²) in [6.07, 6.45) is 0. The van der Waals surface area contributed by atoms with Crippen LogP contribution in [0.15, 0.2) is 109 Å². The van der Waals surface area contributed by atoms with Gasteiger partial charge in [-0.25, -0.2) is 8.78 Å². The number of fused-ring (bicyclic) bond motifs is 1. The van der Waals surface area contributed by atoms with E-state index in [2.05, 4.69) is 9.80 Å². The van der Waals surface area contributed by atoms with Crippen LogP contribution in [0.25, 0.3) is 11.1 Å². The molecule has 2 atom stereocenters. The molecule has 0 amide bonds. The Balaban J connectivity index is 0.973. The highest BCUT2D eigenvalue weighted by molar-refractivity contribution is 6.62. The molecule has 0 bridgehead atoms. The first-order valence-corrected chi connectivity index (χ1v) is 17.9. The van der Waals surface area contributed by atoms with E-state index in [1.54, 1.807) is 12.1 Å². The van der Waals surface area contributed by atoms with Crippen LogP contribution < -0.4 is 24.7 Å². The number of benzene rings is 4. The van der Waals surface area contributed by atoms with Crippen LogP contribution in [-0.4, -0.2) is 49.0 Å². The Labute approximate surface area is 304 Å². The molecule has 7 nitrogen and oxygen atoms in total. The van der Waals surface area contributed by atoms with E-state index in [1.807, 2.05) is 119 Å². The average molecular weight is 702 g/mol. The van der Waals surface area contributed by atoms with Crippen LogP contribution in [0.4, 0.5) is 20.2 Å². The van der Waals surface area contributed by atoms with Gasteiger partial charge in [-0.05, 0) is 80.2 Å². The van der Waals surface area contributed by atoms with Crippen LogP contribution in [0.3, 0.4) is 0 Å². The van der Waals surface area contributed by atoms with Crippen LogP contribution in [-0.2, 0) is 22.5 Å². The Hall–Kier alpha value is -4.93. The Morgan fingerprint density at radius 1 is 0.712 bits per heavy atom. The molecule has 52 heavy (non-hydrogen) atoms. The maximum atomic E-state index is 16.0. The van der Waals surface area contributed by atoms with Crippen molar-refractivity contribution in [2.24, 2.45) is 5.92 Å². The van der Waals surface area contributed by atoms with Gasteiger partial charge in [0.15, 0.2) is 0 Å². The van der Waals surface area contributed by atoms with Crippen molar-refractivity contribution in [2.45, 2.75) is 58.2 Å². The molecule has 266 valence electrons. The lowest BCUT2D eigenvalue weighted by Gasteiger charge is -2.45. The number of hydrogen-bond donors (Lipinski definition) is 0. The normalized spacial score (nSPS) is 20.1. The first-order chi connectivity index (χ1) is 25.0. The van der Waals surface area contributed by atoms with Gasteiger partial charge in [0, 0.05) is 37.2 Å². The van der Waals surface area contributed by atoms with Gasteiger partial charge in [0.2, 0.25) is 11.8 Å². The van der Waals surface area contributed by atoms with Gasteiger partial charge in [0.1, 0.15) is 24.8 Å². The molecule has 0 N–H and O–H groups in total. The summed E-state index contributed by atoms with van der Waals surface area (Å²) in [7, 11) is -0.627. The van der Waals surface area contributed by atoms with E-state index in [9.17, 15) is 0 Å². The Bertz CT molecular complexity index is 2050. The van der Waals surface area contributed by atoms with Crippen LogP contribution in [0.1, 0.15) is 38.8 Å². The molecule has 3 aliphatic rings. The number of nitrogens with zero attached hydrogens (tertiary/aromatic N) is 3. The largest absolute Gasteiger partial charge is 0.494 e. The smallest absolute Gasteiger partial charge is 0.473 e. The molecule has 4 heterocycles. The molecular formula is C42H42BF2N3O4. The number of ether oxygens (including phenoxy) is 2. The quantitative estimate of drug-likeness (QED) is 0.138. The third kappa shape index (κ3) is 6.61. The van der Waals surface area contributed by atoms with E-state index >= 15 is 8.78 Å². The van der Waals surface area contributed by atoms with Gasteiger partial charge in [0.05, 0.1) is 28.6 Å². The van der Waals surface area contributed by atoms with Crippen LogP contribution in [0, 0.1) is 17.6 Å². The summed E-state index contributed by atoms with van der Waals surface area (Å²) < 4.78 is 56.1. The van der Waals surface area contributed by atoms with Gasteiger partial charge in [-0.3, -0.25) is 0 Å². The highest BCUT2D eigenvalue weighted by Gasteiger charge is 2.52. The van der Waals surface area contributed by atoms with Crippen molar-refractivity contribution in [2.75, 3.05) is 29.4 Å². The Morgan fingerprint density at radius 2 is 1.35 bits per heavy atom. The highest BCUT2D eigenvalue weighted by atomic mass is 19.1. The molecule has 4 aromatic carbocycles. The van der Waals surface area contributed by atoms with Crippen molar-refractivity contribution in [3.05, 3.63) is 132 Å². The zero-order valence-corrected chi connectivity index (χ0v) is 29.9. The minimum atomic E-state index is -0.627. The minimum absolute atomic E-state index is 0.0787. The predicted octanol–water partition coefficient (Wildman–Crippen LogP) is 7.81. The summed E-state index contributed by atoms with van der Waals surface area (Å²) in [5, 5.41) is 0. The molecule has 0 saturated carbocycles. The number of anilines is 2. The fraction of sp³-hybridized carbons (Fsp3) is 0.310. The number of aromatic nitrogens is 1. The third-order valence-corrected chi connectivity index (χ3v) is 10.9. The summed E-state index contributed by atoms with van der Waals surface area (Å²) in [6, 6.07) is 33.9. The zero-order chi connectivity index (χ0) is 36.0. The van der Waals surface area contributed by atoms with Crippen molar-refractivity contribution in [3.8, 4) is 22.9 Å². The molecule has 0 unspecified atom stereocenters. The van der Waals surface area contributed by atoms with Crippen LogP contribution in [0.5, 0.6) is 11.8 Å². The Morgan fingerprint density at radius 3 is 2.00 bits per heavy atom. The molecule has 10 heteroatoms. The summed E-state index contributed by atoms with van der Waals surface area (Å²) >= 11 is 0. The fourth-order valence-corrected chi connectivity index (χ4v) is 7.21. The van der Waals surface area contributed by atoms with Gasteiger partial charge >= 0.3 is 7.12 Å². The lowest BCUT2D eigenvalue weighted by Crippen LogP contribution is -2.56. The second kappa shape index (κ2) is 13.6. The van der Waals surface area contributed by atoms with Gasteiger partial charge in [0.25, 0.3) is 0 Å². The average Bonchev–Trinajstić information content (AvgIpc) is 3.58. The minimum Gasteiger partial charge on any atom is -0.473 e. The highest BCUT2D eigenvalue weighted by Crippen LogP contribution is 2.42. The van der Waals surface area contributed by atoms with E-state index in [4.69, 9.17) is 23.8 Å². The van der Waals surface area contributed by atoms with Crippen LogP contribution in [0.2, 0.25) is 0 Å². The molecule has 8 rings (SSSR count). The molecule has 0 spiro atoms. The molecular weight excluding hydrogens is 659 g/mol. The number of rotatable bonds is 10. The van der Waals surface area contributed by atoms with E-state index in [1.165, 1.54) is 6.07 Å². The zero-order valence-electron chi connectivity index (χ0n) is 29.9. The van der Waals surface area contributed by atoms with Crippen molar-refractivity contribution in [3.63, 3.8) is 0 Å². The third-order valence-electron chi connectivity index (χ3n) is 10.9. The summed E-state index contributed by atoms with van der Waals surface area (Å²) in [4.78, 5) is 8.85. The summed E-state index contributed by atoms with van der Waals surface area (Å²) in [5.74, 6) is 0.455. The van der Waals surface area contributed by atoms with Crippen molar-refractivity contribution < 1.29 is 27.6 Å². The molecule has 3 saturated heterocycles. The van der Waals surface area contributed by atoms with E-state index in [-0.39, 0.29) is 17.7 Å². The maximum Gasteiger partial charge on any atom is 0.494 e. The summed E-state index contributed by atoms with van der Waals surface area (Å²) in [5.41, 5.74) is 4.06. The summed E-state index contributed by atoms with van der Waals surface area (Å²) in [6.45, 7) is 10.6. The monoisotopic (exact) mass is 701 g/mol. The van der Waals surface area contributed by atoms with Gasteiger partial charge in [-0.1, -0.05) is 72.8 Å². The SMILES string of the molecule is CC1(C)OB(c2ccc(N3C[C@@H]4CN(c5ccc(-c6ccc(OCc7ccccc7)nc6OCc6ccccc6)cc5F)[C@@H]4C3)c(F)c2)OC1(C)C. The molecule has 1 aromatic heterocycles. The lowest BCUT2D eigenvalue weighted by molar-refractivity contribution is 0.00578. The van der Waals surface area contributed by atoms with Crippen molar-refractivity contribution >= 4 is 24.0 Å². The topological polar surface area (TPSA) is 56.3 Å². The van der Waals surface area contributed by atoms with Gasteiger partial charge in [-0.2, -0.15) is 4.98 Å². The first kappa shape index (κ1) is 34.2. The Kier molecular flexibility index (Phi) is 8.91. The predicted molar refractivity (Wildman–Crippen MR) is 200 cm³/mol. The van der Waals surface area contributed by atoms with Crippen molar-refractivity contribution in [1.29, 1.82) is 0 Å². The standard InChI is InChI=1S/C42H42BF2N3O4/c1-41(2)42(3,4)52-43(51-41)32-16-19-36(35(45)22-32)47-23-31-24-48(38(31)25-47)37-18-15-30(21-34(37)44)33-17-20-39(49-26-28-11-7-5-8-12-28)46-40(33)50-27-29-13-9-6-10-14-29/h5-22,31,38H,23-27H2,1-4H3/t31-,38-/m1/s1. The molecule has 5 aromatic rings. The van der Waals surface area contributed by atoms with Gasteiger partial charge in [-0.15, -0.1) is 0 Å². The molecule has 3 fully saturated rings. The van der Waals surface area contributed by atoms with Crippen molar-refractivity contribution in [1.82, 2.24) is 4.98 Å². The molecule has 0 radical (unpaired) electrons. The maximum absolute atomic E-state index is 16.0. The number of hydrogen-bond acceptors (Lipinski definition) is 7. The second-order valence-electron chi connectivity index (χ2n) is 14.9. The molecule has 3 aliphatic heterocycles. The number of halogens is 2. The van der Waals surface area contributed by atoms with Gasteiger partial charge < -0.3 is 28.6 Å². The first-order valence-electron chi connectivity index (χ1n) is 17.9. The second-order valence-corrected chi connectivity index (χ2v) is 14.9. The van der Waals surface area contributed by atoms with Crippen LogP contribution >= 0.6 is 0 Å². The van der Waals surface area contributed by atoms with E-state index in [0.717, 1.165) is 11.1 Å². The molecule has 0 aliphatic carbocycles.